The molecule has 16 heteroatoms. The maximum atomic E-state index is 13.4. The van der Waals surface area contributed by atoms with E-state index in [1.807, 2.05) is 13.8 Å². The van der Waals surface area contributed by atoms with Crippen molar-refractivity contribution in [2.75, 3.05) is 20.3 Å². The summed E-state index contributed by atoms with van der Waals surface area (Å²) in [6.07, 6.45) is -15.0. The van der Waals surface area contributed by atoms with Gasteiger partial charge in [0.2, 0.25) is 17.5 Å². The minimum atomic E-state index is -1.89. The molecule has 3 aromatic rings. The van der Waals surface area contributed by atoms with E-state index in [4.69, 9.17) is 28.1 Å². The lowest BCUT2D eigenvalue weighted by Gasteiger charge is -2.45. The number of rotatable bonds is 10. The molecule has 2 saturated heterocycles. The van der Waals surface area contributed by atoms with Crippen molar-refractivity contribution in [2.24, 2.45) is 0 Å². The summed E-state index contributed by atoms with van der Waals surface area (Å²) in [7, 11) is 1.48. The molecule has 2 aliphatic rings. The van der Waals surface area contributed by atoms with Crippen molar-refractivity contribution in [3.63, 3.8) is 0 Å². The predicted molar refractivity (Wildman–Crippen MR) is 168 cm³/mol. The van der Waals surface area contributed by atoms with Gasteiger partial charge in [-0.05, 0) is 44.5 Å². The topological polar surface area (TPSA) is 258 Å². The van der Waals surface area contributed by atoms with Crippen LogP contribution in [0.5, 0.6) is 23.0 Å². The van der Waals surface area contributed by atoms with Gasteiger partial charge in [0.15, 0.2) is 12.1 Å². The largest absolute Gasteiger partial charge is 0.507 e. The van der Waals surface area contributed by atoms with Crippen LogP contribution in [-0.2, 0) is 20.6 Å². The molecule has 2 aromatic carbocycles. The number of hydrogen-bond acceptors (Lipinski definition) is 16. The van der Waals surface area contributed by atoms with E-state index in [1.165, 1.54) is 7.11 Å². The van der Waals surface area contributed by atoms with Crippen molar-refractivity contribution >= 4 is 11.0 Å². The summed E-state index contributed by atoms with van der Waals surface area (Å²) in [6.45, 7) is 2.09. The van der Waals surface area contributed by atoms with E-state index < -0.39 is 91.6 Å². The molecule has 0 saturated carbocycles. The van der Waals surface area contributed by atoms with Crippen LogP contribution in [0.1, 0.15) is 19.4 Å². The van der Waals surface area contributed by atoms with E-state index in [1.54, 1.807) is 30.3 Å². The van der Waals surface area contributed by atoms with Gasteiger partial charge in [0.05, 0.1) is 20.3 Å². The van der Waals surface area contributed by atoms with Crippen molar-refractivity contribution in [3.8, 4) is 34.3 Å². The molecule has 5 rings (SSSR count). The van der Waals surface area contributed by atoms with Crippen LogP contribution in [0.4, 0.5) is 0 Å². The number of benzene rings is 2. The third kappa shape index (κ3) is 7.11. The van der Waals surface area contributed by atoms with Crippen molar-refractivity contribution < 1.29 is 74.1 Å². The molecule has 2 aliphatic heterocycles. The quantitative estimate of drug-likeness (QED) is 0.120. The minimum absolute atomic E-state index is 0.0713. The summed E-state index contributed by atoms with van der Waals surface area (Å²) >= 11 is 0. The zero-order valence-corrected chi connectivity index (χ0v) is 26.7. The number of ether oxygens (including phenoxy) is 5. The molecule has 3 heterocycles. The zero-order valence-electron chi connectivity index (χ0n) is 26.7. The number of aliphatic hydroxyl groups excluding tert-OH is 7. The molecule has 10 atom stereocenters. The number of allylic oxidation sites excluding steroid dienone is 2. The summed E-state index contributed by atoms with van der Waals surface area (Å²) in [6, 6.07) is 7.37. The highest BCUT2D eigenvalue weighted by atomic mass is 16.7. The van der Waals surface area contributed by atoms with Gasteiger partial charge in [0.25, 0.3) is 0 Å². The van der Waals surface area contributed by atoms with E-state index in [0.717, 1.165) is 11.6 Å². The van der Waals surface area contributed by atoms with Crippen molar-refractivity contribution in [3.05, 3.63) is 57.8 Å². The van der Waals surface area contributed by atoms with E-state index >= 15 is 0 Å². The molecule has 1 aromatic heterocycles. The van der Waals surface area contributed by atoms with Crippen LogP contribution in [0.2, 0.25) is 0 Å². The van der Waals surface area contributed by atoms with Crippen LogP contribution in [-0.4, -0.2) is 128 Å². The molecule has 4 unspecified atom stereocenters. The van der Waals surface area contributed by atoms with E-state index in [2.05, 4.69) is 0 Å². The van der Waals surface area contributed by atoms with Crippen LogP contribution < -0.4 is 14.9 Å². The van der Waals surface area contributed by atoms with E-state index in [-0.39, 0.29) is 34.5 Å². The second-order valence-corrected chi connectivity index (χ2v) is 12.0. The van der Waals surface area contributed by atoms with Crippen LogP contribution in [0, 0.1) is 0 Å². The summed E-state index contributed by atoms with van der Waals surface area (Å²) in [5.74, 6) is -1.21. The Morgan fingerprint density at radius 1 is 0.857 bits per heavy atom. The molecule has 16 nitrogen and oxygen atoms in total. The van der Waals surface area contributed by atoms with Crippen LogP contribution in [0.15, 0.2) is 51.2 Å². The fourth-order valence-electron chi connectivity index (χ4n) is 5.69. The highest BCUT2D eigenvalue weighted by molar-refractivity contribution is 5.91. The lowest BCUT2D eigenvalue weighted by molar-refractivity contribution is -0.352. The third-order valence-corrected chi connectivity index (χ3v) is 8.45. The molecule has 268 valence electrons. The second-order valence-electron chi connectivity index (χ2n) is 12.0. The summed E-state index contributed by atoms with van der Waals surface area (Å²) in [5, 5.41) is 93.8. The lowest BCUT2D eigenvalue weighted by Crippen LogP contribution is -2.65. The summed E-state index contributed by atoms with van der Waals surface area (Å²) < 4.78 is 33.9. The van der Waals surface area contributed by atoms with Crippen molar-refractivity contribution in [2.45, 2.75) is 81.7 Å². The van der Waals surface area contributed by atoms with Gasteiger partial charge in [-0.2, -0.15) is 0 Å². The second kappa shape index (κ2) is 15.0. The molecule has 0 spiro atoms. The first-order valence-corrected chi connectivity index (χ1v) is 15.4. The number of hydrogen-bond donors (Lipinski definition) is 9. The Labute approximate surface area is 279 Å². The van der Waals surface area contributed by atoms with Gasteiger partial charge in [-0.1, -0.05) is 11.6 Å². The van der Waals surface area contributed by atoms with E-state index in [0.29, 0.717) is 11.3 Å². The number of aromatic hydroxyl groups is 2. The highest BCUT2D eigenvalue weighted by Gasteiger charge is 2.51. The Hall–Kier alpha value is -3.81. The number of phenolic OH excluding ortho intramolecular Hbond substituents is 1. The number of aliphatic hydroxyl groups is 7. The molecule has 9 N–H and O–H groups in total. The van der Waals surface area contributed by atoms with Gasteiger partial charge in [0, 0.05) is 17.2 Å². The minimum Gasteiger partial charge on any atom is -0.507 e. The summed E-state index contributed by atoms with van der Waals surface area (Å²) in [4.78, 5) is 13.4. The number of phenols is 1. The average molecular weight is 693 g/mol. The first-order valence-electron chi connectivity index (χ1n) is 15.4. The fraction of sp³-hybridized carbons (Fsp3) is 0.485. The van der Waals surface area contributed by atoms with Gasteiger partial charge >= 0.3 is 0 Å². The normalized spacial score (nSPS) is 30.2. The average Bonchev–Trinajstić information content (AvgIpc) is 3.08. The maximum absolute atomic E-state index is 13.4. The smallest absolute Gasteiger partial charge is 0.238 e. The van der Waals surface area contributed by atoms with Gasteiger partial charge in [-0.3, -0.25) is 4.79 Å². The van der Waals surface area contributed by atoms with Gasteiger partial charge in [-0.25, -0.2) is 0 Å². The predicted octanol–water partition coefficient (Wildman–Crippen LogP) is -0.609. The molecular formula is C33H40O16. The van der Waals surface area contributed by atoms with Gasteiger partial charge < -0.3 is 74.1 Å². The summed E-state index contributed by atoms with van der Waals surface area (Å²) in [5.41, 5.74) is 0.316. The van der Waals surface area contributed by atoms with Crippen molar-refractivity contribution in [1.82, 2.24) is 0 Å². The monoisotopic (exact) mass is 692 g/mol. The molecule has 49 heavy (non-hydrogen) atoms. The molecule has 0 bridgehead atoms. The Morgan fingerprint density at radius 2 is 1.49 bits per heavy atom. The SMILES string of the molecule is COc1ccc(-c2oc3c(CC=C(C)C)c(O[C@@H]4OC(CO)[C@@H](O[C@@H]5OC(CO)[C@@H](O)[C@H](O)C5O)[C@H](O)C4O)cc(O)c3c(=O)c2O)cc1. The first kappa shape index (κ1) is 36.5. The lowest BCUT2D eigenvalue weighted by atomic mass is 9.97. The maximum Gasteiger partial charge on any atom is 0.238 e. The molecule has 0 aliphatic carbocycles. The number of methoxy groups -OCH3 is 1. The standard InChI is InChI=1S/C33H40O16/c1-13(2)4-9-16-18(10-17(36)21-23(38)25(40)29(48-30(16)21)14-5-7-15(44-3)8-6-14)45-32-28(43)26(41)31(20(12-35)47-32)49-33-27(42)24(39)22(37)19(11-34)46-33/h4-8,10,19-20,22,24,26-28,31-37,39-43H,9,11-12H2,1-3H3/t19?,20?,22-,24+,26-,27?,28?,31-,32-,33+/m1/s1. The van der Waals surface area contributed by atoms with Gasteiger partial charge in [-0.15, -0.1) is 0 Å². The zero-order chi connectivity index (χ0) is 35.7. The molecule has 0 amide bonds. The molecule has 2 fully saturated rings. The van der Waals surface area contributed by atoms with Crippen LogP contribution in [0.25, 0.3) is 22.3 Å². The number of fused-ring (bicyclic) bond motifs is 1. The highest BCUT2D eigenvalue weighted by Crippen LogP contribution is 2.41. The van der Waals surface area contributed by atoms with Crippen LogP contribution in [0.3, 0.4) is 0 Å². The molecule has 0 radical (unpaired) electrons. The Kier molecular flexibility index (Phi) is 11.1. The van der Waals surface area contributed by atoms with Crippen molar-refractivity contribution in [1.29, 1.82) is 0 Å². The van der Waals surface area contributed by atoms with Crippen LogP contribution >= 0.6 is 0 Å². The Balaban J connectivity index is 1.51. The van der Waals surface area contributed by atoms with Gasteiger partial charge in [0.1, 0.15) is 77.0 Å². The Morgan fingerprint density at radius 3 is 2.10 bits per heavy atom. The first-order chi connectivity index (χ1) is 23.3. The fourth-order valence-corrected chi connectivity index (χ4v) is 5.69. The Bertz CT molecular complexity index is 1700. The van der Waals surface area contributed by atoms with E-state index in [9.17, 15) is 50.8 Å². The third-order valence-electron chi connectivity index (χ3n) is 8.45. The molecular weight excluding hydrogens is 652 g/mol.